The van der Waals surface area contributed by atoms with Gasteiger partial charge in [0.2, 0.25) is 5.91 Å². The van der Waals surface area contributed by atoms with Crippen LogP contribution in [0.3, 0.4) is 0 Å². The molecule has 0 bridgehead atoms. The third kappa shape index (κ3) is 4.62. The summed E-state index contributed by atoms with van der Waals surface area (Å²) in [7, 11) is 0. The smallest absolute Gasteiger partial charge is 0.262 e. The molecule has 0 spiro atoms. The van der Waals surface area contributed by atoms with Crippen LogP contribution in [0.2, 0.25) is 10.0 Å². The zero-order chi connectivity index (χ0) is 16.3. The van der Waals surface area contributed by atoms with Gasteiger partial charge in [-0.25, -0.2) is 0 Å². The topological polar surface area (TPSA) is 123 Å². The van der Waals surface area contributed by atoms with Gasteiger partial charge in [0.25, 0.3) is 5.91 Å². The molecule has 0 radical (unpaired) electrons. The molecule has 0 aliphatic carbocycles. The summed E-state index contributed by atoms with van der Waals surface area (Å²) >= 11 is 12.7. The largest absolute Gasteiger partial charge is 0.370 e. The third-order valence-corrected chi connectivity index (χ3v) is 3.95. The number of anilines is 1. The standard InChI is InChI=1S/C12H11Cl2N5O2S/c13-5-1-6(14)3-7(2-5)17-9(20)4-8-10(21)18-12(22-8)19-11(15)16/h1-3,8H,4H2,(H,17,20)(H4,15,16,18,19,21). The van der Waals surface area contributed by atoms with Crippen LogP contribution in [0.1, 0.15) is 6.42 Å². The lowest BCUT2D eigenvalue weighted by Gasteiger charge is -2.08. The van der Waals surface area contributed by atoms with Gasteiger partial charge in [-0.15, -0.1) is 0 Å². The highest BCUT2D eigenvalue weighted by molar-refractivity contribution is 8.15. The molecule has 1 atom stereocenters. The number of carbonyl (C=O) groups is 2. The number of hydrogen-bond acceptors (Lipinski definition) is 4. The van der Waals surface area contributed by atoms with Gasteiger partial charge in [-0.05, 0) is 18.2 Å². The maximum atomic E-state index is 12.0. The number of nitrogens with one attached hydrogen (secondary N) is 1. The van der Waals surface area contributed by atoms with Crippen molar-refractivity contribution in [2.75, 3.05) is 5.32 Å². The normalized spacial score (nSPS) is 17.1. The van der Waals surface area contributed by atoms with Crippen molar-refractivity contribution >= 4 is 63.6 Å². The van der Waals surface area contributed by atoms with E-state index in [-0.39, 0.29) is 23.5 Å². The molecule has 0 saturated heterocycles. The third-order valence-electron chi connectivity index (χ3n) is 2.47. The second kappa shape index (κ2) is 6.99. The summed E-state index contributed by atoms with van der Waals surface area (Å²) in [5.41, 5.74) is 10.9. The number of guanidine groups is 1. The number of amides is 2. The van der Waals surface area contributed by atoms with Gasteiger partial charge in [-0.2, -0.15) is 9.98 Å². The highest BCUT2D eigenvalue weighted by atomic mass is 35.5. The Bertz CT molecular complexity index is 668. The highest BCUT2D eigenvalue weighted by Gasteiger charge is 2.30. The molecule has 7 nitrogen and oxygen atoms in total. The molecule has 1 aliphatic heterocycles. The zero-order valence-corrected chi connectivity index (χ0v) is 13.4. The number of halogens is 2. The number of benzene rings is 1. The second-order valence-electron chi connectivity index (χ2n) is 4.29. The van der Waals surface area contributed by atoms with E-state index in [2.05, 4.69) is 15.3 Å². The number of aliphatic imine (C=N–C) groups is 2. The van der Waals surface area contributed by atoms with Crippen LogP contribution in [0.5, 0.6) is 0 Å². The number of carbonyl (C=O) groups excluding carboxylic acids is 2. The molecule has 0 aromatic heterocycles. The molecule has 2 amide bonds. The first kappa shape index (κ1) is 16.6. The van der Waals surface area contributed by atoms with E-state index in [0.29, 0.717) is 15.7 Å². The molecule has 1 heterocycles. The van der Waals surface area contributed by atoms with Gasteiger partial charge in [-0.3, -0.25) is 9.59 Å². The number of hydrogen-bond donors (Lipinski definition) is 3. The maximum Gasteiger partial charge on any atom is 0.262 e. The van der Waals surface area contributed by atoms with Crippen LogP contribution >= 0.6 is 35.0 Å². The van der Waals surface area contributed by atoms with Gasteiger partial charge < -0.3 is 16.8 Å². The van der Waals surface area contributed by atoms with E-state index in [1.807, 2.05) is 0 Å². The van der Waals surface area contributed by atoms with E-state index in [4.69, 9.17) is 34.7 Å². The summed E-state index contributed by atoms with van der Waals surface area (Å²) < 4.78 is 0. The van der Waals surface area contributed by atoms with Crippen molar-refractivity contribution in [3.8, 4) is 0 Å². The highest BCUT2D eigenvalue weighted by Crippen LogP contribution is 2.27. The minimum Gasteiger partial charge on any atom is -0.370 e. The van der Waals surface area contributed by atoms with E-state index >= 15 is 0 Å². The van der Waals surface area contributed by atoms with Crippen molar-refractivity contribution in [2.45, 2.75) is 11.7 Å². The quantitative estimate of drug-likeness (QED) is 0.558. The number of nitrogens with zero attached hydrogens (tertiary/aromatic N) is 2. The molecule has 116 valence electrons. The Morgan fingerprint density at radius 2 is 1.95 bits per heavy atom. The Morgan fingerprint density at radius 3 is 2.55 bits per heavy atom. The van der Waals surface area contributed by atoms with E-state index in [1.54, 1.807) is 18.2 Å². The van der Waals surface area contributed by atoms with Crippen molar-refractivity contribution in [3.63, 3.8) is 0 Å². The van der Waals surface area contributed by atoms with Crippen LogP contribution in [-0.2, 0) is 9.59 Å². The average Bonchev–Trinajstić information content (AvgIpc) is 2.66. The minimum absolute atomic E-state index is 0.0688. The lowest BCUT2D eigenvalue weighted by Crippen LogP contribution is -2.23. The summed E-state index contributed by atoms with van der Waals surface area (Å²) in [4.78, 5) is 31.0. The summed E-state index contributed by atoms with van der Waals surface area (Å²) in [5.74, 6) is -1.02. The maximum absolute atomic E-state index is 12.0. The molecule has 2 rings (SSSR count). The predicted octanol–water partition coefficient (Wildman–Crippen LogP) is 1.59. The molecule has 1 aliphatic rings. The Kier molecular flexibility index (Phi) is 5.28. The number of amidine groups is 1. The first-order chi connectivity index (χ1) is 10.3. The molecular formula is C12H11Cl2N5O2S. The van der Waals surface area contributed by atoms with Crippen LogP contribution in [-0.4, -0.2) is 28.2 Å². The molecule has 22 heavy (non-hydrogen) atoms. The minimum atomic E-state index is -0.659. The molecule has 1 aromatic rings. The van der Waals surface area contributed by atoms with E-state index in [1.165, 1.54) is 0 Å². The molecule has 0 saturated carbocycles. The van der Waals surface area contributed by atoms with Gasteiger partial charge in [0.1, 0.15) is 5.25 Å². The van der Waals surface area contributed by atoms with E-state index < -0.39 is 11.2 Å². The number of thioether (sulfide) groups is 1. The van der Waals surface area contributed by atoms with Gasteiger partial charge in [-0.1, -0.05) is 35.0 Å². The van der Waals surface area contributed by atoms with Crippen molar-refractivity contribution < 1.29 is 9.59 Å². The van der Waals surface area contributed by atoms with E-state index in [0.717, 1.165) is 11.8 Å². The Labute approximate surface area is 140 Å². The fourth-order valence-electron chi connectivity index (χ4n) is 1.67. The lowest BCUT2D eigenvalue weighted by atomic mass is 10.2. The Morgan fingerprint density at radius 1 is 1.32 bits per heavy atom. The Balaban J connectivity index is 1.96. The number of rotatable bonds is 3. The van der Waals surface area contributed by atoms with Crippen LogP contribution in [0, 0.1) is 0 Å². The number of nitrogens with two attached hydrogens (primary N) is 2. The van der Waals surface area contributed by atoms with Crippen molar-refractivity contribution in [2.24, 2.45) is 21.5 Å². The van der Waals surface area contributed by atoms with Crippen molar-refractivity contribution in [1.29, 1.82) is 0 Å². The second-order valence-corrected chi connectivity index (χ2v) is 6.33. The zero-order valence-electron chi connectivity index (χ0n) is 11.0. The summed E-state index contributed by atoms with van der Waals surface area (Å²) in [6.07, 6.45) is -0.0688. The summed E-state index contributed by atoms with van der Waals surface area (Å²) in [5, 5.41) is 2.90. The lowest BCUT2D eigenvalue weighted by molar-refractivity contribution is -0.121. The molecule has 5 N–H and O–H groups in total. The molecule has 1 aromatic carbocycles. The first-order valence-electron chi connectivity index (χ1n) is 5.98. The molecule has 0 fully saturated rings. The van der Waals surface area contributed by atoms with Crippen LogP contribution in [0.25, 0.3) is 0 Å². The Hall–Kier alpha value is -1.77. The van der Waals surface area contributed by atoms with Crippen molar-refractivity contribution in [1.82, 2.24) is 0 Å². The fourth-order valence-corrected chi connectivity index (χ4v) is 3.14. The predicted molar refractivity (Wildman–Crippen MR) is 89.3 cm³/mol. The van der Waals surface area contributed by atoms with Gasteiger partial charge in [0, 0.05) is 22.2 Å². The van der Waals surface area contributed by atoms with Gasteiger partial charge in [0.15, 0.2) is 11.1 Å². The van der Waals surface area contributed by atoms with Crippen molar-refractivity contribution in [3.05, 3.63) is 28.2 Å². The van der Waals surface area contributed by atoms with Crippen LogP contribution < -0.4 is 16.8 Å². The monoisotopic (exact) mass is 359 g/mol. The van der Waals surface area contributed by atoms with Gasteiger partial charge >= 0.3 is 0 Å². The summed E-state index contributed by atoms with van der Waals surface area (Å²) in [6, 6.07) is 4.65. The van der Waals surface area contributed by atoms with Gasteiger partial charge in [0.05, 0.1) is 0 Å². The summed E-state index contributed by atoms with van der Waals surface area (Å²) in [6.45, 7) is 0. The molecule has 1 unspecified atom stereocenters. The fraction of sp³-hybridized carbons (Fsp3) is 0.167. The molecular weight excluding hydrogens is 349 g/mol. The van der Waals surface area contributed by atoms with E-state index in [9.17, 15) is 9.59 Å². The first-order valence-corrected chi connectivity index (χ1v) is 7.62. The van der Waals surface area contributed by atoms with Crippen LogP contribution in [0.15, 0.2) is 28.2 Å². The van der Waals surface area contributed by atoms with Crippen LogP contribution in [0.4, 0.5) is 5.69 Å². The molecule has 10 heteroatoms. The SMILES string of the molecule is NC(N)=NC1=NC(=O)C(CC(=O)Nc2cc(Cl)cc(Cl)c2)S1. The average molecular weight is 360 g/mol.